The molecule has 0 aliphatic rings. The Hall–Kier alpha value is -0.610. The molecule has 0 radical (unpaired) electrons. The molecular weight excluding hydrogens is 170 g/mol. The van der Waals surface area contributed by atoms with Gasteiger partial charge >= 0.3 is 5.97 Å². The van der Waals surface area contributed by atoms with Crippen LogP contribution in [0.1, 0.15) is 33.6 Å². The second kappa shape index (κ2) is 9.48. The van der Waals surface area contributed by atoms with Crippen molar-refractivity contribution >= 4 is 5.97 Å². The van der Waals surface area contributed by atoms with Gasteiger partial charge in [0.1, 0.15) is 0 Å². The van der Waals surface area contributed by atoms with Crippen LogP contribution in [0.3, 0.4) is 0 Å². The molecule has 0 aromatic heterocycles. The van der Waals surface area contributed by atoms with Gasteiger partial charge in [-0.05, 0) is 6.42 Å². The van der Waals surface area contributed by atoms with Gasteiger partial charge in [0.25, 0.3) is 0 Å². The zero-order valence-corrected chi connectivity index (χ0v) is 8.91. The summed E-state index contributed by atoms with van der Waals surface area (Å²) < 4.78 is 4.31. The standard InChI is InChI=1S/C7H15NO3.C2H6/c1-3-4-5(8)6(9)7(10)11-2;1-2/h5-6,9H,3-4,8H2,1-2H3;1-2H3. The molecular formula is C9H21NO3. The van der Waals surface area contributed by atoms with Crippen molar-refractivity contribution in [3.8, 4) is 0 Å². The Bertz CT molecular complexity index is 128. The molecule has 4 heteroatoms. The summed E-state index contributed by atoms with van der Waals surface area (Å²) in [7, 11) is 1.23. The predicted molar refractivity (Wildman–Crippen MR) is 52.3 cm³/mol. The third kappa shape index (κ3) is 6.54. The number of esters is 1. The van der Waals surface area contributed by atoms with Crippen LogP contribution in [0.5, 0.6) is 0 Å². The molecule has 0 saturated heterocycles. The van der Waals surface area contributed by atoms with E-state index < -0.39 is 18.1 Å². The number of carbonyl (C=O) groups is 1. The quantitative estimate of drug-likeness (QED) is 0.641. The number of hydrogen-bond donors (Lipinski definition) is 2. The second-order valence-corrected chi connectivity index (χ2v) is 2.42. The van der Waals surface area contributed by atoms with E-state index in [0.717, 1.165) is 6.42 Å². The highest BCUT2D eigenvalue weighted by Crippen LogP contribution is 2.00. The van der Waals surface area contributed by atoms with Gasteiger partial charge in [-0.25, -0.2) is 4.79 Å². The first-order chi connectivity index (χ1) is 6.13. The van der Waals surface area contributed by atoms with E-state index in [9.17, 15) is 4.79 Å². The van der Waals surface area contributed by atoms with Gasteiger partial charge in [-0.15, -0.1) is 0 Å². The van der Waals surface area contributed by atoms with E-state index in [0.29, 0.717) is 6.42 Å². The highest BCUT2D eigenvalue weighted by Gasteiger charge is 2.22. The Labute approximate surface area is 80.1 Å². The summed E-state index contributed by atoms with van der Waals surface area (Å²) in [5, 5.41) is 9.12. The average molecular weight is 191 g/mol. The van der Waals surface area contributed by atoms with Gasteiger partial charge in [0.05, 0.1) is 7.11 Å². The number of ether oxygens (including phenoxy) is 1. The van der Waals surface area contributed by atoms with Crippen molar-refractivity contribution < 1.29 is 14.6 Å². The molecule has 0 aliphatic carbocycles. The number of carbonyl (C=O) groups excluding carboxylic acids is 1. The first-order valence-electron chi connectivity index (χ1n) is 4.65. The van der Waals surface area contributed by atoms with E-state index in [1.165, 1.54) is 7.11 Å². The van der Waals surface area contributed by atoms with Crippen molar-refractivity contribution in [3.63, 3.8) is 0 Å². The van der Waals surface area contributed by atoms with Gasteiger partial charge in [0.15, 0.2) is 6.10 Å². The molecule has 4 nitrogen and oxygen atoms in total. The lowest BCUT2D eigenvalue weighted by molar-refractivity contribution is -0.151. The van der Waals surface area contributed by atoms with Crippen LogP contribution in [0.15, 0.2) is 0 Å². The van der Waals surface area contributed by atoms with E-state index in [4.69, 9.17) is 10.8 Å². The fraction of sp³-hybridized carbons (Fsp3) is 0.889. The molecule has 0 bridgehead atoms. The number of rotatable bonds is 4. The lowest BCUT2D eigenvalue weighted by Crippen LogP contribution is -2.40. The third-order valence-electron chi connectivity index (χ3n) is 1.47. The SMILES string of the molecule is CC.CCCC(N)C(O)C(=O)OC. The van der Waals surface area contributed by atoms with Crippen LogP contribution in [-0.4, -0.2) is 30.3 Å². The Kier molecular flexibility index (Phi) is 10.9. The van der Waals surface area contributed by atoms with Crippen LogP contribution in [0, 0.1) is 0 Å². The maximum absolute atomic E-state index is 10.7. The van der Waals surface area contributed by atoms with Gasteiger partial charge in [0.2, 0.25) is 0 Å². The molecule has 13 heavy (non-hydrogen) atoms. The lowest BCUT2D eigenvalue weighted by atomic mass is 10.1. The van der Waals surface area contributed by atoms with E-state index >= 15 is 0 Å². The maximum Gasteiger partial charge on any atom is 0.336 e. The van der Waals surface area contributed by atoms with Gasteiger partial charge in [-0.1, -0.05) is 27.2 Å². The molecule has 3 N–H and O–H groups in total. The molecule has 0 spiro atoms. The van der Waals surface area contributed by atoms with Gasteiger partial charge in [-0.3, -0.25) is 0 Å². The van der Waals surface area contributed by atoms with Crippen LogP contribution >= 0.6 is 0 Å². The Morgan fingerprint density at radius 3 is 2.31 bits per heavy atom. The lowest BCUT2D eigenvalue weighted by Gasteiger charge is -2.14. The van der Waals surface area contributed by atoms with Crippen molar-refractivity contribution in [3.05, 3.63) is 0 Å². The van der Waals surface area contributed by atoms with Crippen molar-refractivity contribution in [2.24, 2.45) is 5.73 Å². The fourth-order valence-corrected chi connectivity index (χ4v) is 0.787. The van der Waals surface area contributed by atoms with E-state index in [1.54, 1.807) is 0 Å². The molecule has 0 heterocycles. The summed E-state index contributed by atoms with van der Waals surface area (Å²) in [6, 6.07) is -0.507. The first-order valence-corrected chi connectivity index (χ1v) is 4.65. The number of nitrogens with two attached hydrogens (primary N) is 1. The normalized spacial score (nSPS) is 13.7. The van der Waals surface area contributed by atoms with E-state index in [-0.39, 0.29) is 0 Å². The van der Waals surface area contributed by atoms with E-state index in [2.05, 4.69) is 4.74 Å². The van der Waals surface area contributed by atoms with E-state index in [1.807, 2.05) is 20.8 Å². The third-order valence-corrected chi connectivity index (χ3v) is 1.47. The summed E-state index contributed by atoms with van der Waals surface area (Å²) >= 11 is 0. The predicted octanol–water partition coefficient (Wildman–Crippen LogP) is 0.674. The molecule has 0 aliphatic heterocycles. The van der Waals surface area contributed by atoms with Crippen LogP contribution < -0.4 is 5.73 Å². The molecule has 0 aromatic rings. The van der Waals surface area contributed by atoms with Crippen molar-refractivity contribution in [1.82, 2.24) is 0 Å². The summed E-state index contributed by atoms with van der Waals surface area (Å²) in [6.45, 7) is 5.93. The Morgan fingerprint density at radius 2 is 2.00 bits per heavy atom. The Balaban J connectivity index is 0. The van der Waals surface area contributed by atoms with Gasteiger partial charge in [-0.2, -0.15) is 0 Å². The van der Waals surface area contributed by atoms with Crippen LogP contribution in [0.25, 0.3) is 0 Å². The van der Waals surface area contributed by atoms with Crippen molar-refractivity contribution in [2.75, 3.05) is 7.11 Å². The van der Waals surface area contributed by atoms with Crippen LogP contribution in [-0.2, 0) is 9.53 Å². The smallest absolute Gasteiger partial charge is 0.336 e. The largest absolute Gasteiger partial charge is 0.467 e. The number of methoxy groups -OCH3 is 1. The van der Waals surface area contributed by atoms with Crippen LogP contribution in [0.2, 0.25) is 0 Å². The van der Waals surface area contributed by atoms with Crippen molar-refractivity contribution in [1.29, 1.82) is 0 Å². The molecule has 0 aromatic carbocycles. The highest BCUT2D eigenvalue weighted by atomic mass is 16.5. The van der Waals surface area contributed by atoms with Gasteiger partial charge in [0, 0.05) is 6.04 Å². The number of aliphatic hydroxyl groups excluding tert-OH is 1. The molecule has 0 amide bonds. The second-order valence-electron chi connectivity index (χ2n) is 2.42. The topological polar surface area (TPSA) is 72.5 Å². The minimum absolute atomic E-state index is 0.507. The molecule has 2 unspecified atom stereocenters. The monoisotopic (exact) mass is 191 g/mol. The summed E-state index contributed by atoms with van der Waals surface area (Å²) in [6.07, 6.45) is 0.283. The molecule has 80 valence electrons. The minimum Gasteiger partial charge on any atom is -0.467 e. The Morgan fingerprint density at radius 1 is 1.54 bits per heavy atom. The minimum atomic E-state index is -1.18. The molecule has 2 atom stereocenters. The fourth-order valence-electron chi connectivity index (χ4n) is 0.787. The first kappa shape index (κ1) is 14.9. The number of hydrogen-bond acceptors (Lipinski definition) is 4. The van der Waals surface area contributed by atoms with Gasteiger partial charge < -0.3 is 15.6 Å². The van der Waals surface area contributed by atoms with Crippen LogP contribution in [0.4, 0.5) is 0 Å². The summed E-state index contributed by atoms with van der Waals surface area (Å²) in [5.41, 5.74) is 5.45. The average Bonchev–Trinajstić information content (AvgIpc) is 2.19. The zero-order chi connectivity index (χ0) is 10.9. The molecule has 0 fully saturated rings. The summed E-state index contributed by atoms with van der Waals surface area (Å²) in [5.74, 6) is -0.661. The zero-order valence-electron chi connectivity index (χ0n) is 8.91. The molecule has 0 saturated carbocycles. The maximum atomic E-state index is 10.7. The molecule has 0 rings (SSSR count). The summed E-state index contributed by atoms with van der Waals surface area (Å²) in [4.78, 5) is 10.7. The number of aliphatic hydroxyl groups is 1. The van der Waals surface area contributed by atoms with Crippen molar-refractivity contribution in [2.45, 2.75) is 45.8 Å². The highest BCUT2D eigenvalue weighted by molar-refractivity contribution is 5.75.